The predicted octanol–water partition coefficient (Wildman–Crippen LogP) is 2.54. The second-order valence-corrected chi connectivity index (χ2v) is 7.83. The van der Waals surface area contributed by atoms with Gasteiger partial charge in [0, 0.05) is 19.0 Å². The first-order chi connectivity index (χ1) is 12.4. The molecule has 0 bridgehead atoms. The van der Waals surface area contributed by atoms with Gasteiger partial charge in [-0.25, -0.2) is 8.78 Å². The molecule has 6 heteroatoms. The summed E-state index contributed by atoms with van der Waals surface area (Å²) in [7, 11) is 0. The zero-order chi connectivity index (χ0) is 18.7. The van der Waals surface area contributed by atoms with Crippen molar-refractivity contribution in [2.75, 3.05) is 6.54 Å². The Morgan fingerprint density at radius 3 is 2.54 bits per heavy atom. The van der Waals surface area contributed by atoms with E-state index in [0.717, 1.165) is 19.0 Å². The molecular formula is C20H28F2N2O2. The van der Waals surface area contributed by atoms with Gasteiger partial charge in [0.1, 0.15) is 11.6 Å². The molecule has 1 amide bonds. The summed E-state index contributed by atoms with van der Waals surface area (Å²) >= 11 is 0. The first kappa shape index (κ1) is 19.2. The number of benzene rings is 1. The fourth-order valence-electron chi connectivity index (χ4n) is 4.62. The maximum atomic E-state index is 13.5. The van der Waals surface area contributed by atoms with E-state index in [1.807, 2.05) is 0 Å². The molecule has 2 aliphatic rings. The van der Waals surface area contributed by atoms with E-state index >= 15 is 0 Å². The molecule has 0 aromatic heterocycles. The highest BCUT2D eigenvalue weighted by molar-refractivity contribution is 5.73. The lowest BCUT2D eigenvalue weighted by molar-refractivity contribution is -0.120. The second kappa shape index (κ2) is 8.44. The Hall–Kier alpha value is -1.53. The van der Waals surface area contributed by atoms with Gasteiger partial charge in [0.25, 0.3) is 0 Å². The van der Waals surface area contributed by atoms with Crippen LogP contribution in [-0.4, -0.2) is 35.7 Å². The molecule has 144 valence electrons. The molecule has 1 heterocycles. The molecule has 1 saturated carbocycles. The lowest BCUT2D eigenvalue weighted by Crippen LogP contribution is -2.57. The Morgan fingerprint density at radius 1 is 1.23 bits per heavy atom. The number of hydrogen-bond donors (Lipinski definition) is 3. The SMILES string of the molecule is CC(=O)N[C@@H](Cc1cc(F)cc(F)c1)[C@H](O)[C@@H]1CC2CCCCC2CN1. The molecule has 26 heavy (non-hydrogen) atoms. The number of rotatable bonds is 5. The van der Waals surface area contributed by atoms with Crippen LogP contribution >= 0.6 is 0 Å². The van der Waals surface area contributed by atoms with Crippen molar-refractivity contribution in [1.29, 1.82) is 0 Å². The van der Waals surface area contributed by atoms with Crippen LogP contribution in [0.25, 0.3) is 0 Å². The van der Waals surface area contributed by atoms with E-state index in [2.05, 4.69) is 10.6 Å². The number of hydrogen-bond acceptors (Lipinski definition) is 3. The van der Waals surface area contributed by atoms with Gasteiger partial charge in [-0.3, -0.25) is 4.79 Å². The molecule has 2 unspecified atom stereocenters. The molecule has 1 saturated heterocycles. The summed E-state index contributed by atoms with van der Waals surface area (Å²) in [5.74, 6) is -0.302. The Kier molecular flexibility index (Phi) is 6.24. The quantitative estimate of drug-likeness (QED) is 0.751. The second-order valence-electron chi connectivity index (χ2n) is 7.83. The first-order valence-electron chi connectivity index (χ1n) is 9.56. The number of fused-ring (bicyclic) bond motifs is 1. The van der Waals surface area contributed by atoms with Gasteiger partial charge in [0.2, 0.25) is 5.91 Å². The minimum atomic E-state index is -0.812. The van der Waals surface area contributed by atoms with Crippen molar-refractivity contribution in [2.45, 2.75) is 63.6 Å². The Labute approximate surface area is 153 Å². The predicted molar refractivity (Wildman–Crippen MR) is 95.5 cm³/mol. The summed E-state index contributed by atoms with van der Waals surface area (Å²) in [6, 6.07) is 2.60. The molecule has 1 aliphatic heterocycles. The molecule has 3 N–H and O–H groups in total. The lowest BCUT2D eigenvalue weighted by Gasteiger charge is -2.43. The van der Waals surface area contributed by atoms with Crippen molar-refractivity contribution in [3.8, 4) is 0 Å². The van der Waals surface area contributed by atoms with Crippen LogP contribution in [0.1, 0.15) is 44.6 Å². The molecule has 3 rings (SSSR count). The standard InChI is InChI=1S/C20H28F2N2O2/c1-12(25)24-19(8-13-6-16(21)10-17(22)7-13)20(26)18-9-14-4-2-3-5-15(14)11-23-18/h6-7,10,14-15,18-20,23,26H,2-5,8-9,11H2,1H3,(H,24,25)/t14?,15?,18-,19-,20+/m0/s1. The number of carbonyl (C=O) groups excluding carboxylic acids is 1. The summed E-state index contributed by atoms with van der Waals surface area (Å²) in [6.07, 6.45) is 5.18. The van der Waals surface area contributed by atoms with Crippen LogP contribution in [0.2, 0.25) is 0 Å². The maximum absolute atomic E-state index is 13.5. The third-order valence-corrected chi connectivity index (χ3v) is 5.86. The third-order valence-electron chi connectivity index (χ3n) is 5.86. The van der Waals surface area contributed by atoms with Crippen LogP contribution in [0.4, 0.5) is 8.78 Å². The fourth-order valence-corrected chi connectivity index (χ4v) is 4.62. The van der Waals surface area contributed by atoms with E-state index in [4.69, 9.17) is 0 Å². The highest BCUT2D eigenvalue weighted by Crippen LogP contribution is 2.36. The van der Waals surface area contributed by atoms with Crippen molar-refractivity contribution in [1.82, 2.24) is 10.6 Å². The minimum Gasteiger partial charge on any atom is -0.389 e. The van der Waals surface area contributed by atoms with Crippen LogP contribution in [0.15, 0.2) is 18.2 Å². The van der Waals surface area contributed by atoms with Crippen molar-refractivity contribution < 1.29 is 18.7 Å². The molecular weight excluding hydrogens is 338 g/mol. The number of amides is 1. The summed E-state index contributed by atoms with van der Waals surface area (Å²) in [4.78, 5) is 11.6. The van der Waals surface area contributed by atoms with Gasteiger partial charge >= 0.3 is 0 Å². The van der Waals surface area contributed by atoms with Gasteiger partial charge in [-0.05, 0) is 55.3 Å². The smallest absolute Gasteiger partial charge is 0.217 e. The Morgan fingerprint density at radius 2 is 1.88 bits per heavy atom. The van der Waals surface area contributed by atoms with Crippen molar-refractivity contribution in [2.24, 2.45) is 11.8 Å². The van der Waals surface area contributed by atoms with Gasteiger partial charge in [0.15, 0.2) is 0 Å². The number of piperidine rings is 1. The molecule has 4 nitrogen and oxygen atoms in total. The number of aliphatic hydroxyl groups is 1. The topological polar surface area (TPSA) is 61.4 Å². The van der Waals surface area contributed by atoms with E-state index in [0.29, 0.717) is 17.4 Å². The molecule has 0 spiro atoms. The van der Waals surface area contributed by atoms with Gasteiger partial charge < -0.3 is 15.7 Å². The maximum Gasteiger partial charge on any atom is 0.217 e. The molecule has 1 aromatic carbocycles. The average Bonchev–Trinajstić information content (AvgIpc) is 2.59. The van der Waals surface area contributed by atoms with Crippen molar-refractivity contribution in [3.63, 3.8) is 0 Å². The van der Waals surface area contributed by atoms with Crippen LogP contribution in [0.3, 0.4) is 0 Å². The zero-order valence-corrected chi connectivity index (χ0v) is 15.2. The Bertz CT molecular complexity index is 620. The average molecular weight is 366 g/mol. The van der Waals surface area contributed by atoms with Crippen LogP contribution in [0, 0.1) is 23.5 Å². The highest BCUT2D eigenvalue weighted by Gasteiger charge is 2.37. The van der Waals surface area contributed by atoms with Crippen LogP contribution in [0.5, 0.6) is 0 Å². The van der Waals surface area contributed by atoms with E-state index in [-0.39, 0.29) is 18.4 Å². The molecule has 0 radical (unpaired) electrons. The molecule has 1 aromatic rings. The molecule has 5 atom stereocenters. The number of halogens is 2. The molecule has 2 fully saturated rings. The summed E-state index contributed by atoms with van der Waals surface area (Å²) in [5, 5.41) is 17.1. The Balaban J connectivity index is 1.70. The largest absolute Gasteiger partial charge is 0.389 e. The van der Waals surface area contributed by atoms with E-state index in [1.165, 1.54) is 44.7 Å². The van der Waals surface area contributed by atoms with Crippen molar-refractivity contribution in [3.05, 3.63) is 35.4 Å². The summed E-state index contributed by atoms with van der Waals surface area (Å²) in [6.45, 7) is 2.27. The van der Waals surface area contributed by atoms with Gasteiger partial charge in [-0.15, -0.1) is 0 Å². The van der Waals surface area contributed by atoms with Crippen LogP contribution in [-0.2, 0) is 11.2 Å². The minimum absolute atomic E-state index is 0.121. The van der Waals surface area contributed by atoms with Gasteiger partial charge in [-0.2, -0.15) is 0 Å². The van der Waals surface area contributed by atoms with E-state index < -0.39 is 23.8 Å². The third kappa shape index (κ3) is 4.80. The van der Waals surface area contributed by atoms with E-state index in [1.54, 1.807) is 0 Å². The molecule has 1 aliphatic carbocycles. The van der Waals surface area contributed by atoms with Gasteiger partial charge in [-0.1, -0.05) is 19.3 Å². The number of carbonyl (C=O) groups is 1. The van der Waals surface area contributed by atoms with Crippen molar-refractivity contribution >= 4 is 5.91 Å². The highest BCUT2D eigenvalue weighted by atomic mass is 19.1. The first-order valence-corrected chi connectivity index (χ1v) is 9.56. The van der Waals surface area contributed by atoms with Crippen LogP contribution < -0.4 is 10.6 Å². The number of aliphatic hydroxyl groups excluding tert-OH is 1. The fraction of sp³-hybridized carbons (Fsp3) is 0.650. The summed E-state index contributed by atoms with van der Waals surface area (Å²) in [5.41, 5.74) is 0.423. The zero-order valence-electron chi connectivity index (χ0n) is 15.2. The monoisotopic (exact) mass is 366 g/mol. The number of nitrogens with one attached hydrogen (secondary N) is 2. The summed E-state index contributed by atoms with van der Waals surface area (Å²) < 4.78 is 27.0. The van der Waals surface area contributed by atoms with E-state index in [9.17, 15) is 18.7 Å². The van der Waals surface area contributed by atoms with Gasteiger partial charge in [0.05, 0.1) is 12.1 Å². The normalized spacial score (nSPS) is 28.1. The lowest BCUT2D eigenvalue weighted by atomic mass is 9.72.